The van der Waals surface area contributed by atoms with Crippen LogP contribution >= 0.6 is 0 Å². The summed E-state index contributed by atoms with van der Waals surface area (Å²) in [6, 6.07) is 5.59. The van der Waals surface area contributed by atoms with Crippen LogP contribution in [-0.2, 0) is 6.18 Å². The smallest absolute Gasteiger partial charge is 0.416 e. The second-order valence-electron chi connectivity index (χ2n) is 4.71. The molecule has 1 heterocycles. The summed E-state index contributed by atoms with van der Waals surface area (Å²) in [5, 5.41) is 12.2. The van der Waals surface area contributed by atoms with Crippen LogP contribution in [0.25, 0.3) is 0 Å². The van der Waals surface area contributed by atoms with E-state index in [1.165, 1.54) is 30.7 Å². The van der Waals surface area contributed by atoms with Gasteiger partial charge in [-0.15, -0.1) is 0 Å². The number of furan rings is 1. The summed E-state index contributed by atoms with van der Waals surface area (Å²) in [6.07, 6.45) is -2.80. The van der Waals surface area contributed by atoms with Crippen LogP contribution < -0.4 is 10.1 Å². The number of carbonyl (C=O) groups excluding carboxylic acids is 1. The van der Waals surface area contributed by atoms with Crippen molar-refractivity contribution in [2.45, 2.75) is 12.3 Å². The van der Waals surface area contributed by atoms with Gasteiger partial charge in [0.1, 0.15) is 24.7 Å². The second-order valence-corrected chi connectivity index (χ2v) is 4.71. The fraction of sp³-hybridized carbons (Fsp3) is 0.267. The molecule has 5 nitrogen and oxygen atoms in total. The zero-order valence-corrected chi connectivity index (χ0v) is 11.8. The van der Waals surface area contributed by atoms with E-state index >= 15 is 0 Å². The lowest BCUT2D eigenvalue weighted by Crippen LogP contribution is -2.35. The highest BCUT2D eigenvalue weighted by atomic mass is 19.4. The van der Waals surface area contributed by atoms with Gasteiger partial charge in [-0.1, -0.05) is 0 Å². The molecular formula is C15H14F3NO4. The number of aliphatic hydroxyl groups excluding tert-OH is 1. The molecule has 8 heteroatoms. The van der Waals surface area contributed by atoms with Crippen LogP contribution in [0.5, 0.6) is 5.75 Å². The average Bonchev–Trinajstić information content (AvgIpc) is 3.04. The third-order valence-corrected chi connectivity index (χ3v) is 2.91. The topological polar surface area (TPSA) is 71.7 Å². The summed E-state index contributed by atoms with van der Waals surface area (Å²) in [7, 11) is 0. The molecule has 0 aliphatic carbocycles. The Morgan fingerprint density at radius 2 is 1.96 bits per heavy atom. The molecule has 0 bridgehead atoms. The number of benzene rings is 1. The number of aliphatic hydroxyl groups is 1. The summed E-state index contributed by atoms with van der Waals surface area (Å²) in [5.74, 6) is -0.217. The van der Waals surface area contributed by atoms with Crippen LogP contribution in [0.1, 0.15) is 15.9 Å². The summed E-state index contributed by atoms with van der Waals surface area (Å²) in [6.45, 7) is -0.234. The van der Waals surface area contributed by atoms with E-state index in [0.717, 1.165) is 12.1 Å². The maximum Gasteiger partial charge on any atom is 0.416 e. The molecule has 2 rings (SSSR count). The number of ether oxygens (including phenoxy) is 1. The second kappa shape index (κ2) is 7.19. The van der Waals surface area contributed by atoms with Gasteiger partial charge in [-0.3, -0.25) is 4.79 Å². The predicted octanol–water partition coefficient (Wildman–Crippen LogP) is 2.47. The van der Waals surface area contributed by atoms with Gasteiger partial charge in [0.15, 0.2) is 0 Å². The first-order valence-corrected chi connectivity index (χ1v) is 6.65. The Kier molecular flexibility index (Phi) is 5.28. The Morgan fingerprint density at radius 1 is 1.26 bits per heavy atom. The van der Waals surface area contributed by atoms with Gasteiger partial charge in [0.05, 0.1) is 17.4 Å². The molecule has 1 aromatic carbocycles. The van der Waals surface area contributed by atoms with Gasteiger partial charge in [0.25, 0.3) is 5.91 Å². The van der Waals surface area contributed by atoms with Crippen molar-refractivity contribution >= 4 is 5.91 Å². The van der Waals surface area contributed by atoms with E-state index in [-0.39, 0.29) is 18.9 Å². The van der Waals surface area contributed by atoms with Gasteiger partial charge in [-0.25, -0.2) is 0 Å². The van der Waals surface area contributed by atoms with E-state index in [0.29, 0.717) is 5.56 Å². The van der Waals surface area contributed by atoms with Crippen molar-refractivity contribution in [3.8, 4) is 5.75 Å². The van der Waals surface area contributed by atoms with Crippen molar-refractivity contribution in [3.63, 3.8) is 0 Å². The van der Waals surface area contributed by atoms with E-state index in [4.69, 9.17) is 9.15 Å². The molecule has 0 fully saturated rings. The number of hydrogen-bond acceptors (Lipinski definition) is 4. The number of nitrogens with one attached hydrogen (secondary N) is 1. The maximum atomic E-state index is 12.4. The highest BCUT2D eigenvalue weighted by Gasteiger charge is 2.30. The van der Waals surface area contributed by atoms with Crippen LogP contribution in [0.3, 0.4) is 0 Å². The van der Waals surface area contributed by atoms with Crippen LogP contribution in [-0.4, -0.2) is 30.3 Å². The lowest BCUT2D eigenvalue weighted by atomic mass is 10.2. The summed E-state index contributed by atoms with van der Waals surface area (Å²) in [5.41, 5.74) is -0.460. The van der Waals surface area contributed by atoms with Gasteiger partial charge in [0, 0.05) is 6.54 Å². The highest BCUT2D eigenvalue weighted by molar-refractivity contribution is 5.93. The molecule has 0 aliphatic heterocycles. The maximum absolute atomic E-state index is 12.4. The molecule has 1 amide bonds. The van der Waals surface area contributed by atoms with Gasteiger partial charge in [0.2, 0.25) is 0 Å². The Hall–Kier alpha value is -2.48. The lowest BCUT2D eigenvalue weighted by Gasteiger charge is -2.13. The van der Waals surface area contributed by atoms with E-state index in [9.17, 15) is 23.1 Å². The van der Waals surface area contributed by atoms with Gasteiger partial charge in [-0.05, 0) is 30.3 Å². The average molecular weight is 329 g/mol. The van der Waals surface area contributed by atoms with Crippen molar-refractivity contribution in [1.82, 2.24) is 5.32 Å². The first-order valence-electron chi connectivity index (χ1n) is 6.65. The Labute approximate surface area is 129 Å². The minimum absolute atomic E-state index is 0.0648. The molecule has 0 radical (unpaired) electrons. The number of rotatable bonds is 6. The van der Waals surface area contributed by atoms with Crippen molar-refractivity contribution in [1.29, 1.82) is 0 Å². The summed E-state index contributed by atoms with van der Waals surface area (Å²) in [4.78, 5) is 11.6. The molecule has 0 saturated heterocycles. The first kappa shape index (κ1) is 16.9. The molecule has 2 N–H and O–H groups in total. The minimum atomic E-state index is -4.41. The van der Waals surface area contributed by atoms with Crippen molar-refractivity contribution in [3.05, 3.63) is 54.0 Å². The standard InChI is InChI=1S/C15H14F3NO4/c16-15(17,18)11-1-3-13(4-2-11)23-9-12(20)7-19-14(21)10-5-6-22-8-10/h1-6,8,12,20H,7,9H2,(H,19,21)/t12-/m1/s1. The number of halogens is 3. The molecule has 0 spiro atoms. The van der Waals surface area contributed by atoms with Gasteiger partial charge >= 0.3 is 6.18 Å². The zero-order chi connectivity index (χ0) is 16.9. The SMILES string of the molecule is O=C(NC[C@@H](O)COc1ccc(C(F)(F)F)cc1)c1ccoc1. The Balaban J connectivity index is 1.76. The number of hydrogen-bond donors (Lipinski definition) is 2. The number of carbonyl (C=O) groups is 1. The number of alkyl halides is 3. The lowest BCUT2D eigenvalue weighted by molar-refractivity contribution is -0.137. The van der Waals surface area contributed by atoms with Crippen molar-refractivity contribution in [2.75, 3.05) is 13.2 Å². The molecule has 124 valence electrons. The van der Waals surface area contributed by atoms with E-state index in [1.54, 1.807) is 0 Å². The molecule has 0 saturated carbocycles. The van der Waals surface area contributed by atoms with Crippen LogP contribution in [0.4, 0.5) is 13.2 Å². The number of amides is 1. The quantitative estimate of drug-likeness (QED) is 0.854. The Bertz CT molecular complexity index is 623. The molecule has 1 aromatic heterocycles. The first-order chi connectivity index (χ1) is 10.9. The summed E-state index contributed by atoms with van der Waals surface area (Å²) >= 11 is 0. The fourth-order valence-electron chi connectivity index (χ4n) is 1.70. The monoisotopic (exact) mass is 329 g/mol. The van der Waals surface area contributed by atoms with Gasteiger partial charge < -0.3 is 19.6 Å². The van der Waals surface area contributed by atoms with E-state index in [2.05, 4.69) is 5.32 Å². The van der Waals surface area contributed by atoms with Gasteiger partial charge in [-0.2, -0.15) is 13.2 Å². The molecule has 1 atom stereocenters. The third-order valence-electron chi connectivity index (χ3n) is 2.91. The molecule has 0 unspecified atom stereocenters. The van der Waals surface area contributed by atoms with Crippen LogP contribution in [0.2, 0.25) is 0 Å². The fourth-order valence-corrected chi connectivity index (χ4v) is 1.70. The van der Waals surface area contributed by atoms with E-state index < -0.39 is 23.8 Å². The summed E-state index contributed by atoms with van der Waals surface area (Å²) < 4.78 is 47.1. The third kappa shape index (κ3) is 5.03. The zero-order valence-electron chi connectivity index (χ0n) is 11.8. The molecule has 0 aliphatic rings. The molecule has 23 heavy (non-hydrogen) atoms. The van der Waals surface area contributed by atoms with Crippen LogP contribution in [0.15, 0.2) is 47.3 Å². The highest BCUT2D eigenvalue weighted by Crippen LogP contribution is 2.30. The van der Waals surface area contributed by atoms with Crippen molar-refractivity contribution < 1.29 is 32.2 Å². The minimum Gasteiger partial charge on any atom is -0.491 e. The largest absolute Gasteiger partial charge is 0.491 e. The van der Waals surface area contributed by atoms with E-state index in [1.807, 2.05) is 0 Å². The Morgan fingerprint density at radius 3 is 2.52 bits per heavy atom. The normalized spacial score (nSPS) is 12.7. The molecule has 2 aromatic rings. The molecular weight excluding hydrogens is 315 g/mol. The predicted molar refractivity (Wildman–Crippen MR) is 74.0 cm³/mol. The van der Waals surface area contributed by atoms with Crippen LogP contribution in [0, 0.1) is 0 Å². The van der Waals surface area contributed by atoms with Crippen molar-refractivity contribution in [2.24, 2.45) is 0 Å².